The summed E-state index contributed by atoms with van der Waals surface area (Å²) in [7, 11) is 1.89. The zero-order valence-electron chi connectivity index (χ0n) is 9.03. The lowest BCUT2D eigenvalue weighted by molar-refractivity contribution is -0.127. The van der Waals surface area contributed by atoms with E-state index in [1.54, 1.807) is 0 Å². The number of amides is 1. The molecule has 0 spiro atoms. The average Bonchev–Trinajstić information content (AvgIpc) is 2.66. The van der Waals surface area contributed by atoms with Crippen molar-refractivity contribution in [3.63, 3.8) is 0 Å². The molecule has 0 heterocycles. The van der Waals surface area contributed by atoms with Gasteiger partial charge >= 0.3 is 0 Å². The summed E-state index contributed by atoms with van der Waals surface area (Å²) >= 11 is 0. The van der Waals surface area contributed by atoms with E-state index in [-0.39, 0.29) is 16.9 Å². The normalized spacial score (nSPS) is 19.7. The summed E-state index contributed by atoms with van der Waals surface area (Å²) in [5.74, 6) is 0.203. The number of carbonyl (C=O) groups is 1. The second kappa shape index (κ2) is 3.29. The van der Waals surface area contributed by atoms with E-state index < -0.39 is 0 Å². The van der Waals surface area contributed by atoms with Gasteiger partial charge in [0.25, 0.3) is 0 Å². The van der Waals surface area contributed by atoms with Crippen LogP contribution in [-0.4, -0.2) is 25.0 Å². The SMILES string of the molecule is CNCC1(C(=O)NC(C)(C)C)CC1. The lowest BCUT2D eigenvalue weighted by atomic mass is 10.0. The highest BCUT2D eigenvalue weighted by Crippen LogP contribution is 2.45. The molecule has 0 saturated heterocycles. The molecule has 1 rings (SSSR count). The predicted molar refractivity (Wildman–Crippen MR) is 53.5 cm³/mol. The molecule has 0 unspecified atom stereocenters. The van der Waals surface area contributed by atoms with Gasteiger partial charge in [0.05, 0.1) is 5.41 Å². The van der Waals surface area contributed by atoms with Crippen molar-refractivity contribution in [3.05, 3.63) is 0 Å². The van der Waals surface area contributed by atoms with E-state index in [4.69, 9.17) is 0 Å². The van der Waals surface area contributed by atoms with E-state index in [0.717, 1.165) is 19.4 Å². The standard InChI is InChI=1S/C10H20N2O/c1-9(2,3)12-8(13)10(5-6-10)7-11-4/h11H,5-7H2,1-4H3,(H,12,13). The van der Waals surface area contributed by atoms with Crippen molar-refractivity contribution in [2.75, 3.05) is 13.6 Å². The van der Waals surface area contributed by atoms with Crippen LogP contribution in [0, 0.1) is 5.41 Å². The van der Waals surface area contributed by atoms with Crippen molar-refractivity contribution in [1.82, 2.24) is 10.6 Å². The molecule has 0 aromatic heterocycles. The Morgan fingerprint density at radius 3 is 2.23 bits per heavy atom. The van der Waals surface area contributed by atoms with E-state index in [2.05, 4.69) is 10.6 Å². The van der Waals surface area contributed by atoms with Crippen LogP contribution in [0.2, 0.25) is 0 Å². The van der Waals surface area contributed by atoms with Crippen LogP contribution < -0.4 is 10.6 Å². The molecule has 2 N–H and O–H groups in total. The largest absolute Gasteiger partial charge is 0.351 e. The van der Waals surface area contributed by atoms with Gasteiger partial charge in [-0.25, -0.2) is 0 Å². The zero-order chi connectivity index (χ0) is 10.1. The fraction of sp³-hybridized carbons (Fsp3) is 0.900. The van der Waals surface area contributed by atoms with E-state index in [9.17, 15) is 4.79 Å². The average molecular weight is 184 g/mol. The van der Waals surface area contributed by atoms with Crippen LogP contribution in [0.3, 0.4) is 0 Å². The highest BCUT2D eigenvalue weighted by atomic mass is 16.2. The van der Waals surface area contributed by atoms with Gasteiger partial charge in [0.1, 0.15) is 0 Å². The van der Waals surface area contributed by atoms with Crippen LogP contribution in [0.15, 0.2) is 0 Å². The monoisotopic (exact) mass is 184 g/mol. The Hall–Kier alpha value is -0.570. The van der Waals surface area contributed by atoms with Crippen LogP contribution in [0.4, 0.5) is 0 Å². The van der Waals surface area contributed by atoms with E-state index in [1.165, 1.54) is 0 Å². The minimum absolute atomic E-state index is 0.0952. The van der Waals surface area contributed by atoms with E-state index in [0.29, 0.717) is 0 Å². The third-order valence-corrected chi connectivity index (χ3v) is 2.34. The minimum atomic E-state index is -0.111. The molecule has 0 bridgehead atoms. The van der Waals surface area contributed by atoms with Gasteiger partial charge in [0, 0.05) is 12.1 Å². The third-order valence-electron chi connectivity index (χ3n) is 2.34. The molecular weight excluding hydrogens is 164 g/mol. The first-order chi connectivity index (χ1) is 5.90. The topological polar surface area (TPSA) is 41.1 Å². The molecule has 0 radical (unpaired) electrons. The van der Waals surface area contributed by atoms with Crippen molar-refractivity contribution in [2.24, 2.45) is 5.41 Å². The van der Waals surface area contributed by atoms with Gasteiger partial charge in [0.15, 0.2) is 0 Å². The molecule has 13 heavy (non-hydrogen) atoms. The maximum absolute atomic E-state index is 11.8. The van der Waals surface area contributed by atoms with Gasteiger partial charge in [-0.1, -0.05) is 0 Å². The molecule has 1 saturated carbocycles. The first-order valence-electron chi connectivity index (χ1n) is 4.87. The zero-order valence-corrected chi connectivity index (χ0v) is 9.03. The third kappa shape index (κ3) is 2.69. The summed E-state index contributed by atoms with van der Waals surface area (Å²) < 4.78 is 0. The molecule has 0 aromatic carbocycles. The van der Waals surface area contributed by atoms with E-state index >= 15 is 0 Å². The molecule has 1 fully saturated rings. The highest BCUT2D eigenvalue weighted by Gasteiger charge is 2.49. The molecular formula is C10H20N2O. The fourth-order valence-corrected chi connectivity index (χ4v) is 1.45. The van der Waals surface area contributed by atoms with Crippen LogP contribution in [0.25, 0.3) is 0 Å². The first kappa shape index (κ1) is 10.5. The van der Waals surface area contributed by atoms with Gasteiger partial charge in [-0.2, -0.15) is 0 Å². The van der Waals surface area contributed by atoms with Crippen LogP contribution in [-0.2, 0) is 4.79 Å². The first-order valence-corrected chi connectivity index (χ1v) is 4.87. The van der Waals surface area contributed by atoms with Gasteiger partial charge in [0.2, 0.25) is 5.91 Å². The van der Waals surface area contributed by atoms with Crippen molar-refractivity contribution in [1.29, 1.82) is 0 Å². The number of hydrogen-bond donors (Lipinski definition) is 2. The summed E-state index contributed by atoms with van der Waals surface area (Å²) in [6, 6.07) is 0. The molecule has 1 aliphatic carbocycles. The van der Waals surface area contributed by atoms with Gasteiger partial charge < -0.3 is 10.6 Å². The summed E-state index contributed by atoms with van der Waals surface area (Å²) in [6.45, 7) is 6.84. The Labute approximate surface area is 80.3 Å². The number of rotatable bonds is 3. The van der Waals surface area contributed by atoms with Gasteiger partial charge in [-0.05, 0) is 40.7 Å². The number of carbonyl (C=O) groups excluding carboxylic acids is 1. The Bertz CT molecular complexity index is 201. The second-order valence-corrected chi connectivity index (χ2v) is 5.01. The van der Waals surface area contributed by atoms with E-state index in [1.807, 2.05) is 27.8 Å². The summed E-state index contributed by atoms with van der Waals surface area (Å²) in [6.07, 6.45) is 2.05. The Balaban J connectivity index is 2.48. The Kier molecular flexibility index (Phi) is 2.66. The molecule has 3 heteroatoms. The van der Waals surface area contributed by atoms with Crippen LogP contribution in [0.5, 0.6) is 0 Å². The lowest BCUT2D eigenvalue weighted by Gasteiger charge is -2.24. The summed E-state index contributed by atoms with van der Waals surface area (Å²) in [4.78, 5) is 11.8. The highest BCUT2D eigenvalue weighted by molar-refractivity contribution is 5.86. The van der Waals surface area contributed by atoms with Crippen molar-refractivity contribution in [2.45, 2.75) is 39.2 Å². The predicted octanol–water partition coefficient (Wildman–Crippen LogP) is 0.901. The van der Waals surface area contributed by atoms with Crippen molar-refractivity contribution in [3.8, 4) is 0 Å². The number of nitrogens with one attached hydrogen (secondary N) is 2. The molecule has 0 aromatic rings. The summed E-state index contributed by atoms with van der Waals surface area (Å²) in [5, 5.41) is 6.10. The second-order valence-electron chi connectivity index (χ2n) is 5.01. The molecule has 1 aliphatic rings. The molecule has 76 valence electrons. The number of hydrogen-bond acceptors (Lipinski definition) is 2. The van der Waals surface area contributed by atoms with Crippen LogP contribution in [0.1, 0.15) is 33.6 Å². The Morgan fingerprint density at radius 1 is 1.38 bits per heavy atom. The smallest absolute Gasteiger partial charge is 0.227 e. The molecule has 0 atom stereocenters. The molecule has 1 amide bonds. The van der Waals surface area contributed by atoms with Crippen molar-refractivity contribution >= 4 is 5.91 Å². The lowest BCUT2D eigenvalue weighted by Crippen LogP contribution is -2.46. The summed E-state index contributed by atoms with van der Waals surface area (Å²) in [5.41, 5.74) is -0.206. The maximum Gasteiger partial charge on any atom is 0.227 e. The maximum atomic E-state index is 11.8. The fourth-order valence-electron chi connectivity index (χ4n) is 1.45. The van der Waals surface area contributed by atoms with Gasteiger partial charge in [-0.3, -0.25) is 4.79 Å². The quantitative estimate of drug-likeness (QED) is 0.684. The Morgan fingerprint density at radius 2 is 1.92 bits per heavy atom. The molecule has 3 nitrogen and oxygen atoms in total. The molecule has 0 aliphatic heterocycles. The van der Waals surface area contributed by atoms with Crippen LogP contribution >= 0.6 is 0 Å². The minimum Gasteiger partial charge on any atom is -0.351 e. The van der Waals surface area contributed by atoms with Crippen molar-refractivity contribution < 1.29 is 4.79 Å². The van der Waals surface area contributed by atoms with Gasteiger partial charge in [-0.15, -0.1) is 0 Å².